The third-order valence-electron chi connectivity index (χ3n) is 1.80. The van der Waals surface area contributed by atoms with Crippen LogP contribution in [0.1, 0.15) is 6.42 Å². The number of nitrogens with two attached hydrogens (primary N) is 2. The van der Waals surface area contributed by atoms with Gasteiger partial charge < -0.3 is 22.1 Å². The maximum atomic E-state index is 11.3. The van der Waals surface area contributed by atoms with Crippen LogP contribution in [-0.2, 0) is 4.79 Å². The summed E-state index contributed by atoms with van der Waals surface area (Å²) < 4.78 is 0. The minimum absolute atomic E-state index is 0.115. The Morgan fingerprint density at radius 2 is 2.06 bits per heavy atom. The Hall–Kier alpha value is -2.24. The third kappa shape index (κ3) is 4.32. The summed E-state index contributed by atoms with van der Waals surface area (Å²) in [5.41, 5.74) is 11.6. The number of primary amides is 1. The van der Waals surface area contributed by atoms with Gasteiger partial charge in [0.1, 0.15) is 0 Å². The second-order valence-electron chi connectivity index (χ2n) is 3.22. The van der Waals surface area contributed by atoms with Gasteiger partial charge in [-0.2, -0.15) is 0 Å². The van der Waals surface area contributed by atoms with Crippen molar-refractivity contribution in [2.45, 2.75) is 6.42 Å². The molecule has 0 aliphatic carbocycles. The average molecular weight is 222 g/mol. The lowest BCUT2D eigenvalue weighted by Gasteiger charge is -2.06. The summed E-state index contributed by atoms with van der Waals surface area (Å²) >= 11 is 0. The molecule has 0 heterocycles. The Balaban J connectivity index is 2.37. The van der Waals surface area contributed by atoms with Gasteiger partial charge in [-0.05, 0) is 18.2 Å². The van der Waals surface area contributed by atoms with Crippen LogP contribution < -0.4 is 22.1 Å². The van der Waals surface area contributed by atoms with Gasteiger partial charge in [-0.1, -0.05) is 6.07 Å². The van der Waals surface area contributed by atoms with Crippen molar-refractivity contribution in [3.63, 3.8) is 0 Å². The zero-order valence-corrected chi connectivity index (χ0v) is 8.69. The molecule has 6 N–H and O–H groups in total. The predicted molar refractivity (Wildman–Crippen MR) is 61.7 cm³/mol. The molecule has 0 atom stereocenters. The van der Waals surface area contributed by atoms with Crippen LogP contribution in [-0.4, -0.2) is 18.5 Å². The molecule has 6 nitrogen and oxygen atoms in total. The lowest BCUT2D eigenvalue weighted by atomic mass is 10.3. The second-order valence-corrected chi connectivity index (χ2v) is 3.22. The second kappa shape index (κ2) is 5.59. The molecule has 0 unspecified atom stereocenters. The van der Waals surface area contributed by atoms with Gasteiger partial charge in [0, 0.05) is 24.3 Å². The maximum absolute atomic E-state index is 11.3. The molecule has 0 spiro atoms. The Morgan fingerprint density at radius 3 is 2.69 bits per heavy atom. The summed E-state index contributed by atoms with van der Waals surface area (Å²) in [5.74, 6) is -0.454. The van der Waals surface area contributed by atoms with Crippen LogP contribution in [0.25, 0.3) is 0 Å². The van der Waals surface area contributed by atoms with Gasteiger partial charge in [0.25, 0.3) is 0 Å². The van der Waals surface area contributed by atoms with E-state index in [2.05, 4.69) is 10.6 Å². The first-order valence-corrected chi connectivity index (χ1v) is 4.76. The smallest absolute Gasteiger partial charge is 0.319 e. The van der Waals surface area contributed by atoms with E-state index in [1.165, 1.54) is 0 Å². The van der Waals surface area contributed by atoms with Crippen molar-refractivity contribution < 1.29 is 9.59 Å². The van der Waals surface area contributed by atoms with E-state index in [9.17, 15) is 9.59 Å². The topological polar surface area (TPSA) is 110 Å². The Morgan fingerprint density at radius 1 is 1.31 bits per heavy atom. The molecule has 0 saturated heterocycles. The zero-order valence-electron chi connectivity index (χ0n) is 8.69. The minimum atomic E-state index is -0.454. The fourth-order valence-electron chi connectivity index (χ4n) is 1.09. The van der Waals surface area contributed by atoms with Gasteiger partial charge in [0.05, 0.1) is 0 Å². The fraction of sp³-hybridized carbons (Fsp3) is 0.200. The van der Waals surface area contributed by atoms with Crippen molar-refractivity contribution in [1.82, 2.24) is 5.32 Å². The number of anilines is 2. The molecule has 0 aliphatic heterocycles. The summed E-state index contributed by atoms with van der Waals surface area (Å²) in [6.07, 6.45) is 0.115. The van der Waals surface area contributed by atoms with Gasteiger partial charge in [0.2, 0.25) is 5.91 Å². The number of nitrogen functional groups attached to an aromatic ring is 1. The number of amides is 3. The fourth-order valence-corrected chi connectivity index (χ4v) is 1.09. The molecule has 0 saturated carbocycles. The first-order chi connectivity index (χ1) is 7.58. The van der Waals surface area contributed by atoms with Crippen molar-refractivity contribution in [2.24, 2.45) is 5.73 Å². The lowest BCUT2D eigenvalue weighted by molar-refractivity contribution is -0.117. The van der Waals surface area contributed by atoms with Crippen LogP contribution in [0.3, 0.4) is 0 Å². The highest BCUT2D eigenvalue weighted by molar-refractivity contribution is 5.90. The number of benzene rings is 1. The van der Waals surface area contributed by atoms with Crippen molar-refractivity contribution in [3.05, 3.63) is 24.3 Å². The van der Waals surface area contributed by atoms with E-state index in [-0.39, 0.29) is 13.0 Å². The molecule has 0 fully saturated rings. The van der Waals surface area contributed by atoms with E-state index >= 15 is 0 Å². The minimum Gasteiger partial charge on any atom is -0.399 e. The SMILES string of the molecule is NC(=O)CCNC(=O)Nc1cccc(N)c1. The number of carbonyl (C=O) groups excluding carboxylic acids is 2. The Bertz CT molecular complexity index is 392. The number of hydrogen-bond donors (Lipinski definition) is 4. The van der Waals surface area contributed by atoms with Crippen LogP contribution in [0.2, 0.25) is 0 Å². The molecular formula is C10H14N4O2. The van der Waals surface area contributed by atoms with Gasteiger partial charge in [-0.3, -0.25) is 4.79 Å². The lowest BCUT2D eigenvalue weighted by Crippen LogP contribution is -2.31. The molecule has 0 aromatic heterocycles. The highest BCUT2D eigenvalue weighted by atomic mass is 16.2. The van der Waals surface area contributed by atoms with Gasteiger partial charge in [-0.15, -0.1) is 0 Å². The summed E-state index contributed by atoms with van der Waals surface area (Å²) in [5, 5.41) is 5.06. The standard InChI is InChI=1S/C10H14N4O2/c11-7-2-1-3-8(6-7)14-10(16)13-5-4-9(12)15/h1-3,6H,4-5,11H2,(H2,12,15)(H2,13,14,16). The number of rotatable bonds is 4. The monoisotopic (exact) mass is 222 g/mol. The van der Waals surface area contributed by atoms with E-state index in [0.29, 0.717) is 11.4 Å². The highest BCUT2D eigenvalue weighted by Crippen LogP contribution is 2.11. The quantitative estimate of drug-likeness (QED) is 0.548. The molecule has 16 heavy (non-hydrogen) atoms. The van der Waals surface area contributed by atoms with E-state index in [1.807, 2.05) is 0 Å². The summed E-state index contributed by atoms with van der Waals surface area (Å²) in [6.45, 7) is 0.212. The number of carbonyl (C=O) groups is 2. The van der Waals surface area contributed by atoms with E-state index in [0.717, 1.165) is 0 Å². The Kier molecular flexibility index (Phi) is 4.14. The molecule has 3 amide bonds. The van der Waals surface area contributed by atoms with Crippen molar-refractivity contribution in [3.8, 4) is 0 Å². The molecule has 0 bridgehead atoms. The zero-order chi connectivity index (χ0) is 12.0. The highest BCUT2D eigenvalue weighted by Gasteiger charge is 2.01. The average Bonchev–Trinajstić information content (AvgIpc) is 2.16. The molecule has 86 valence electrons. The van der Waals surface area contributed by atoms with Crippen LogP contribution in [0.5, 0.6) is 0 Å². The van der Waals surface area contributed by atoms with Crippen molar-refractivity contribution >= 4 is 23.3 Å². The number of nitrogens with one attached hydrogen (secondary N) is 2. The summed E-state index contributed by atoms with van der Waals surface area (Å²) in [6, 6.07) is 6.40. The predicted octanol–water partition coefficient (Wildman–Crippen LogP) is 0.266. The molecular weight excluding hydrogens is 208 g/mol. The van der Waals surface area contributed by atoms with Crippen LogP contribution in [0.4, 0.5) is 16.2 Å². The summed E-state index contributed by atoms with van der Waals surface area (Å²) in [7, 11) is 0. The largest absolute Gasteiger partial charge is 0.399 e. The molecule has 1 aromatic carbocycles. The van der Waals surface area contributed by atoms with E-state index in [1.54, 1.807) is 24.3 Å². The van der Waals surface area contributed by atoms with Gasteiger partial charge in [-0.25, -0.2) is 4.79 Å². The van der Waals surface area contributed by atoms with E-state index in [4.69, 9.17) is 11.5 Å². The van der Waals surface area contributed by atoms with Crippen molar-refractivity contribution in [2.75, 3.05) is 17.6 Å². The number of urea groups is 1. The third-order valence-corrected chi connectivity index (χ3v) is 1.80. The van der Waals surface area contributed by atoms with Gasteiger partial charge >= 0.3 is 6.03 Å². The normalized spacial score (nSPS) is 9.50. The molecule has 0 aliphatic rings. The molecule has 0 radical (unpaired) electrons. The number of hydrogen-bond acceptors (Lipinski definition) is 3. The molecule has 1 rings (SSSR count). The van der Waals surface area contributed by atoms with Crippen molar-refractivity contribution in [1.29, 1.82) is 0 Å². The first-order valence-electron chi connectivity index (χ1n) is 4.76. The van der Waals surface area contributed by atoms with Gasteiger partial charge in [0.15, 0.2) is 0 Å². The first kappa shape index (κ1) is 11.8. The summed E-state index contributed by atoms with van der Waals surface area (Å²) in [4.78, 5) is 21.7. The Labute approximate surface area is 93.0 Å². The van der Waals surface area contributed by atoms with Crippen LogP contribution in [0.15, 0.2) is 24.3 Å². The van der Waals surface area contributed by atoms with Crippen LogP contribution >= 0.6 is 0 Å². The maximum Gasteiger partial charge on any atom is 0.319 e. The molecule has 1 aromatic rings. The van der Waals surface area contributed by atoms with E-state index < -0.39 is 11.9 Å². The van der Waals surface area contributed by atoms with Crippen LogP contribution in [0, 0.1) is 0 Å². The molecule has 6 heteroatoms.